The topological polar surface area (TPSA) is 0 Å². The Kier molecular flexibility index (Phi) is 4.17. The molecule has 0 aliphatic carbocycles. The zero-order valence-electron chi connectivity index (χ0n) is 11.5. The molecule has 0 unspecified atom stereocenters. The van der Waals surface area contributed by atoms with Gasteiger partial charge in [-0.3, -0.25) is 0 Å². The van der Waals surface area contributed by atoms with E-state index in [9.17, 15) is 13.2 Å². The summed E-state index contributed by atoms with van der Waals surface area (Å²) in [6.45, 7) is 3.85. The number of hydrogen-bond acceptors (Lipinski definition) is 0. The summed E-state index contributed by atoms with van der Waals surface area (Å²) in [5.41, 5.74) is 3.50. The van der Waals surface area contributed by atoms with E-state index in [1.165, 1.54) is 0 Å². The summed E-state index contributed by atoms with van der Waals surface area (Å²) in [4.78, 5) is 0. The number of benzene rings is 2. The van der Waals surface area contributed by atoms with Gasteiger partial charge in [0.15, 0.2) is 0 Å². The molecule has 2 aromatic carbocycles. The minimum Gasteiger partial charge on any atom is -0.171 e. The van der Waals surface area contributed by atoms with Crippen LogP contribution in [0, 0.1) is 13.8 Å². The number of alkyl halides is 3. The summed E-state index contributed by atoms with van der Waals surface area (Å²) in [5.74, 6) is -0.642. The molecular weight excluding hydrogens is 261 g/mol. The third kappa shape index (κ3) is 3.86. The van der Waals surface area contributed by atoms with E-state index in [1.54, 1.807) is 24.3 Å². The first-order valence-corrected chi connectivity index (χ1v) is 6.55. The van der Waals surface area contributed by atoms with E-state index in [-0.39, 0.29) is 0 Å². The molecule has 0 spiro atoms. The van der Waals surface area contributed by atoms with Gasteiger partial charge in [-0.1, -0.05) is 59.7 Å². The fraction of sp³-hybridized carbons (Fsp3) is 0.294. The first-order valence-electron chi connectivity index (χ1n) is 6.55. The Hall–Kier alpha value is -1.77. The van der Waals surface area contributed by atoms with Crippen molar-refractivity contribution in [2.75, 3.05) is 0 Å². The Bertz CT molecular complexity index is 505. The first kappa shape index (κ1) is 14.6. The van der Waals surface area contributed by atoms with Crippen LogP contribution in [0.15, 0.2) is 48.5 Å². The van der Waals surface area contributed by atoms with Crippen LogP contribution in [0.2, 0.25) is 0 Å². The van der Waals surface area contributed by atoms with Crippen LogP contribution in [0.3, 0.4) is 0 Å². The Labute approximate surface area is 117 Å². The fourth-order valence-corrected chi connectivity index (χ4v) is 2.26. The Morgan fingerprint density at radius 1 is 0.750 bits per heavy atom. The average molecular weight is 278 g/mol. The molecule has 0 fully saturated rings. The van der Waals surface area contributed by atoms with Crippen molar-refractivity contribution in [3.8, 4) is 0 Å². The molecule has 0 aromatic heterocycles. The van der Waals surface area contributed by atoms with E-state index in [0.717, 1.165) is 11.1 Å². The van der Waals surface area contributed by atoms with Crippen LogP contribution >= 0.6 is 0 Å². The summed E-state index contributed by atoms with van der Waals surface area (Å²) >= 11 is 0. The molecule has 0 heterocycles. The van der Waals surface area contributed by atoms with Crippen molar-refractivity contribution in [3.05, 3.63) is 70.8 Å². The van der Waals surface area contributed by atoms with Crippen LogP contribution < -0.4 is 0 Å². The molecule has 0 bridgehead atoms. The molecule has 0 amide bonds. The van der Waals surface area contributed by atoms with Crippen LogP contribution in [0.25, 0.3) is 0 Å². The van der Waals surface area contributed by atoms with Gasteiger partial charge in [0.05, 0.1) is 6.42 Å². The maximum absolute atomic E-state index is 12.8. The monoisotopic (exact) mass is 278 g/mol. The Morgan fingerprint density at radius 3 is 1.40 bits per heavy atom. The molecule has 0 atom stereocenters. The van der Waals surface area contributed by atoms with E-state index < -0.39 is 18.5 Å². The van der Waals surface area contributed by atoms with E-state index in [2.05, 4.69) is 0 Å². The van der Waals surface area contributed by atoms with Gasteiger partial charge in [0.25, 0.3) is 0 Å². The number of rotatable bonds is 3. The highest BCUT2D eigenvalue weighted by molar-refractivity contribution is 5.35. The molecule has 0 nitrogen and oxygen atoms in total. The SMILES string of the molecule is Cc1ccc(C(CC(F)(F)F)c2ccc(C)cc2)cc1. The quantitative estimate of drug-likeness (QED) is 0.706. The second kappa shape index (κ2) is 5.70. The van der Waals surface area contributed by atoms with E-state index in [1.807, 2.05) is 38.1 Å². The maximum atomic E-state index is 12.8. The smallest absolute Gasteiger partial charge is 0.171 e. The molecule has 20 heavy (non-hydrogen) atoms. The number of halogens is 3. The second-order valence-electron chi connectivity index (χ2n) is 5.19. The molecular formula is C17H17F3. The predicted molar refractivity (Wildman–Crippen MR) is 74.9 cm³/mol. The summed E-state index contributed by atoms with van der Waals surface area (Å²) in [6, 6.07) is 14.5. The summed E-state index contributed by atoms with van der Waals surface area (Å²) in [6.07, 6.45) is -5.01. The van der Waals surface area contributed by atoms with Crippen molar-refractivity contribution < 1.29 is 13.2 Å². The fourth-order valence-electron chi connectivity index (χ4n) is 2.26. The zero-order chi connectivity index (χ0) is 14.8. The number of hydrogen-bond donors (Lipinski definition) is 0. The lowest BCUT2D eigenvalue weighted by atomic mass is 9.87. The maximum Gasteiger partial charge on any atom is 0.390 e. The third-order valence-corrected chi connectivity index (χ3v) is 3.40. The van der Waals surface area contributed by atoms with Gasteiger partial charge in [-0.05, 0) is 25.0 Å². The van der Waals surface area contributed by atoms with Crippen LogP contribution in [0.1, 0.15) is 34.6 Å². The highest BCUT2D eigenvalue weighted by Crippen LogP contribution is 2.36. The van der Waals surface area contributed by atoms with Gasteiger partial charge in [0.2, 0.25) is 0 Å². The molecule has 2 rings (SSSR count). The van der Waals surface area contributed by atoms with E-state index >= 15 is 0 Å². The van der Waals surface area contributed by atoms with Crippen molar-refractivity contribution in [1.29, 1.82) is 0 Å². The van der Waals surface area contributed by atoms with Gasteiger partial charge >= 0.3 is 6.18 Å². The summed E-state index contributed by atoms with van der Waals surface area (Å²) in [7, 11) is 0. The second-order valence-corrected chi connectivity index (χ2v) is 5.19. The molecule has 2 aromatic rings. The molecule has 0 aliphatic rings. The van der Waals surface area contributed by atoms with Crippen molar-refractivity contribution in [3.63, 3.8) is 0 Å². The Balaban J connectivity index is 2.38. The van der Waals surface area contributed by atoms with Crippen LogP contribution in [-0.2, 0) is 0 Å². The van der Waals surface area contributed by atoms with Gasteiger partial charge in [0, 0.05) is 5.92 Å². The van der Waals surface area contributed by atoms with Crippen LogP contribution in [0.5, 0.6) is 0 Å². The average Bonchev–Trinajstić information content (AvgIpc) is 2.37. The lowest BCUT2D eigenvalue weighted by Gasteiger charge is -2.20. The minimum atomic E-state index is -4.18. The highest BCUT2D eigenvalue weighted by atomic mass is 19.4. The summed E-state index contributed by atoms with van der Waals surface area (Å²) < 4.78 is 38.5. The van der Waals surface area contributed by atoms with Crippen molar-refractivity contribution in [1.82, 2.24) is 0 Å². The lowest BCUT2D eigenvalue weighted by Crippen LogP contribution is -2.15. The summed E-state index contributed by atoms with van der Waals surface area (Å²) in [5, 5.41) is 0. The number of aryl methyl sites for hydroxylation is 2. The van der Waals surface area contributed by atoms with Gasteiger partial charge in [-0.25, -0.2) is 0 Å². The molecule has 0 aliphatic heterocycles. The van der Waals surface area contributed by atoms with Gasteiger partial charge in [-0.15, -0.1) is 0 Å². The molecule has 0 saturated heterocycles. The van der Waals surface area contributed by atoms with Crippen molar-refractivity contribution in [2.24, 2.45) is 0 Å². The van der Waals surface area contributed by atoms with E-state index in [0.29, 0.717) is 11.1 Å². The molecule has 3 heteroatoms. The third-order valence-electron chi connectivity index (χ3n) is 3.40. The minimum absolute atomic E-state index is 0.642. The Morgan fingerprint density at radius 2 is 1.10 bits per heavy atom. The van der Waals surface area contributed by atoms with Gasteiger partial charge in [0.1, 0.15) is 0 Å². The normalized spacial score (nSPS) is 11.9. The van der Waals surface area contributed by atoms with Crippen LogP contribution in [0.4, 0.5) is 13.2 Å². The molecule has 106 valence electrons. The lowest BCUT2D eigenvalue weighted by molar-refractivity contribution is -0.136. The molecule has 0 radical (unpaired) electrons. The molecule has 0 N–H and O–H groups in total. The molecule has 0 saturated carbocycles. The van der Waals surface area contributed by atoms with Gasteiger partial charge in [-0.2, -0.15) is 13.2 Å². The van der Waals surface area contributed by atoms with Crippen molar-refractivity contribution in [2.45, 2.75) is 32.4 Å². The zero-order valence-corrected chi connectivity index (χ0v) is 11.5. The van der Waals surface area contributed by atoms with Crippen LogP contribution in [-0.4, -0.2) is 6.18 Å². The standard InChI is InChI=1S/C17H17F3/c1-12-3-7-14(8-4-12)16(11-17(18,19)20)15-9-5-13(2)6-10-15/h3-10,16H,11H2,1-2H3. The predicted octanol–water partition coefficient (Wildman–Crippen LogP) is 5.39. The first-order chi connectivity index (χ1) is 9.35. The van der Waals surface area contributed by atoms with E-state index in [4.69, 9.17) is 0 Å². The largest absolute Gasteiger partial charge is 0.390 e. The van der Waals surface area contributed by atoms with Gasteiger partial charge < -0.3 is 0 Å². The highest BCUT2D eigenvalue weighted by Gasteiger charge is 2.33. The van der Waals surface area contributed by atoms with Crippen molar-refractivity contribution >= 4 is 0 Å².